The third-order valence-corrected chi connectivity index (χ3v) is 6.51. The molecule has 8 heteroatoms. The summed E-state index contributed by atoms with van der Waals surface area (Å²) in [5.74, 6) is -0.179. The molecule has 142 valence electrons. The minimum atomic E-state index is -0.484. The Morgan fingerprint density at radius 1 is 1.30 bits per heavy atom. The standard InChI is InChI=1S/C19H21ClN4O2S/c20-15-6-1-5-14(10-15)19(7-3-8-19)17(26)24-9-2-4-13(11-24)16(25)22-18-23-21-12-27-18/h1,5-6,10,12-13H,2-4,7-9,11H2,(H,22,23,25)/t13-/m1/s1. The van der Waals surface area contributed by atoms with Crippen LogP contribution in [0, 0.1) is 5.92 Å². The summed E-state index contributed by atoms with van der Waals surface area (Å²) in [6.45, 7) is 1.15. The van der Waals surface area contributed by atoms with Crippen molar-refractivity contribution in [3.05, 3.63) is 40.4 Å². The minimum Gasteiger partial charge on any atom is -0.341 e. The van der Waals surface area contributed by atoms with E-state index in [0.29, 0.717) is 23.2 Å². The van der Waals surface area contributed by atoms with Crippen molar-refractivity contribution in [2.24, 2.45) is 5.92 Å². The number of benzene rings is 1. The highest BCUT2D eigenvalue weighted by atomic mass is 35.5. The number of hydrogen-bond donors (Lipinski definition) is 1. The van der Waals surface area contributed by atoms with Gasteiger partial charge in [-0.15, -0.1) is 10.2 Å². The van der Waals surface area contributed by atoms with Gasteiger partial charge in [0.05, 0.1) is 11.3 Å². The summed E-state index contributed by atoms with van der Waals surface area (Å²) in [6.07, 6.45) is 4.31. The highest BCUT2D eigenvalue weighted by molar-refractivity contribution is 7.13. The largest absolute Gasteiger partial charge is 0.341 e. The zero-order chi connectivity index (χ0) is 18.9. The van der Waals surface area contributed by atoms with Gasteiger partial charge in [-0.3, -0.25) is 9.59 Å². The summed E-state index contributed by atoms with van der Waals surface area (Å²) in [7, 11) is 0. The van der Waals surface area contributed by atoms with Crippen LogP contribution in [0.4, 0.5) is 5.13 Å². The van der Waals surface area contributed by atoms with Crippen LogP contribution in [0.1, 0.15) is 37.7 Å². The van der Waals surface area contributed by atoms with Crippen LogP contribution in [0.3, 0.4) is 0 Å². The maximum atomic E-state index is 13.4. The van der Waals surface area contributed by atoms with Crippen molar-refractivity contribution in [3.8, 4) is 0 Å². The molecular weight excluding hydrogens is 384 g/mol. The van der Waals surface area contributed by atoms with Gasteiger partial charge in [-0.1, -0.05) is 41.5 Å². The molecule has 0 bridgehead atoms. The molecule has 6 nitrogen and oxygen atoms in total. The average molecular weight is 405 g/mol. The van der Waals surface area contributed by atoms with E-state index >= 15 is 0 Å². The molecule has 1 saturated carbocycles. The first-order chi connectivity index (χ1) is 13.1. The Labute approximate surface area is 166 Å². The van der Waals surface area contributed by atoms with Crippen LogP contribution in [-0.4, -0.2) is 40.0 Å². The number of nitrogens with one attached hydrogen (secondary N) is 1. The third-order valence-electron chi connectivity index (χ3n) is 5.66. The third kappa shape index (κ3) is 3.58. The topological polar surface area (TPSA) is 75.2 Å². The lowest BCUT2D eigenvalue weighted by Gasteiger charge is -2.45. The first-order valence-electron chi connectivity index (χ1n) is 9.21. The van der Waals surface area contributed by atoms with Gasteiger partial charge in [-0.2, -0.15) is 0 Å². The first kappa shape index (κ1) is 18.4. The van der Waals surface area contributed by atoms with Crippen LogP contribution in [0.2, 0.25) is 5.02 Å². The predicted molar refractivity (Wildman–Crippen MR) is 105 cm³/mol. The van der Waals surface area contributed by atoms with Crippen molar-refractivity contribution >= 4 is 39.9 Å². The number of carbonyl (C=O) groups is 2. The van der Waals surface area contributed by atoms with Crippen LogP contribution in [0.15, 0.2) is 29.8 Å². The van der Waals surface area contributed by atoms with Gasteiger partial charge < -0.3 is 10.2 Å². The lowest BCUT2D eigenvalue weighted by molar-refractivity contribution is -0.143. The molecule has 0 radical (unpaired) electrons. The Balaban J connectivity index is 1.48. The molecule has 1 aromatic carbocycles. The van der Waals surface area contributed by atoms with Gasteiger partial charge in [0.1, 0.15) is 5.51 Å². The second kappa shape index (κ2) is 7.56. The molecule has 27 heavy (non-hydrogen) atoms. The Bertz CT molecular complexity index is 838. The van der Waals surface area contributed by atoms with Crippen LogP contribution >= 0.6 is 22.9 Å². The Morgan fingerprint density at radius 2 is 2.15 bits per heavy atom. The molecule has 0 spiro atoms. The molecule has 1 aromatic heterocycles. The quantitative estimate of drug-likeness (QED) is 0.846. The normalized spacial score (nSPS) is 21.4. The maximum Gasteiger partial charge on any atom is 0.233 e. The van der Waals surface area contributed by atoms with Crippen LogP contribution < -0.4 is 5.32 Å². The molecule has 1 saturated heterocycles. The smallest absolute Gasteiger partial charge is 0.233 e. The maximum absolute atomic E-state index is 13.4. The monoisotopic (exact) mass is 404 g/mol. The van der Waals surface area contributed by atoms with Crippen LogP contribution in [-0.2, 0) is 15.0 Å². The van der Waals surface area contributed by atoms with E-state index in [1.54, 1.807) is 5.51 Å². The van der Waals surface area contributed by atoms with E-state index in [9.17, 15) is 9.59 Å². The van der Waals surface area contributed by atoms with Gasteiger partial charge in [-0.05, 0) is 43.4 Å². The highest BCUT2D eigenvalue weighted by Crippen LogP contribution is 2.46. The summed E-state index contributed by atoms with van der Waals surface area (Å²) in [6, 6.07) is 7.63. The molecular formula is C19H21ClN4O2S. The Hall–Kier alpha value is -1.99. The number of anilines is 1. The van der Waals surface area contributed by atoms with Gasteiger partial charge in [0.2, 0.25) is 16.9 Å². The number of halogens is 1. The molecule has 1 aliphatic carbocycles. The molecule has 2 aliphatic rings. The van der Waals surface area contributed by atoms with Gasteiger partial charge in [0, 0.05) is 18.1 Å². The molecule has 2 heterocycles. The van der Waals surface area contributed by atoms with E-state index in [1.165, 1.54) is 11.3 Å². The number of amides is 2. The summed E-state index contributed by atoms with van der Waals surface area (Å²) in [4.78, 5) is 27.9. The Kier molecular flexibility index (Phi) is 5.14. The Morgan fingerprint density at radius 3 is 2.81 bits per heavy atom. The molecule has 1 N–H and O–H groups in total. The zero-order valence-corrected chi connectivity index (χ0v) is 16.4. The number of likely N-dealkylation sites (tertiary alicyclic amines) is 1. The summed E-state index contributed by atoms with van der Waals surface area (Å²) < 4.78 is 0. The fraction of sp³-hybridized carbons (Fsp3) is 0.474. The second-order valence-corrected chi connectivity index (χ2v) is 8.54. The fourth-order valence-electron chi connectivity index (χ4n) is 4.06. The number of nitrogens with zero attached hydrogens (tertiary/aromatic N) is 3. The molecule has 2 aromatic rings. The van der Waals surface area contributed by atoms with Crippen LogP contribution in [0.5, 0.6) is 0 Å². The fourth-order valence-corrected chi connectivity index (χ4v) is 4.69. The van der Waals surface area contributed by atoms with Crippen molar-refractivity contribution in [2.45, 2.75) is 37.5 Å². The molecule has 1 aliphatic heterocycles. The zero-order valence-electron chi connectivity index (χ0n) is 14.9. The van der Waals surface area contributed by atoms with E-state index in [0.717, 1.165) is 37.7 Å². The van der Waals surface area contributed by atoms with Gasteiger partial charge in [0.25, 0.3) is 0 Å². The van der Waals surface area contributed by atoms with Crippen LogP contribution in [0.25, 0.3) is 0 Å². The molecule has 0 unspecified atom stereocenters. The van der Waals surface area contributed by atoms with Crippen molar-refractivity contribution < 1.29 is 9.59 Å². The number of aromatic nitrogens is 2. The van der Waals surface area contributed by atoms with E-state index in [-0.39, 0.29) is 17.7 Å². The highest BCUT2D eigenvalue weighted by Gasteiger charge is 2.48. The number of hydrogen-bond acceptors (Lipinski definition) is 5. The molecule has 2 fully saturated rings. The van der Waals surface area contributed by atoms with Crippen molar-refractivity contribution in [2.75, 3.05) is 18.4 Å². The van der Waals surface area contributed by atoms with E-state index in [2.05, 4.69) is 15.5 Å². The second-order valence-electron chi connectivity index (χ2n) is 7.27. The van der Waals surface area contributed by atoms with E-state index in [1.807, 2.05) is 29.2 Å². The number of carbonyl (C=O) groups excluding carboxylic acids is 2. The summed E-state index contributed by atoms with van der Waals surface area (Å²) in [5, 5.41) is 11.5. The first-order valence-corrected chi connectivity index (χ1v) is 10.5. The minimum absolute atomic E-state index is 0.0883. The van der Waals surface area contributed by atoms with Gasteiger partial charge >= 0.3 is 0 Å². The van der Waals surface area contributed by atoms with E-state index < -0.39 is 5.41 Å². The average Bonchev–Trinajstić information content (AvgIpc) is 3.14. The van der Waals surface area contributed by atoms with Gasteiger partial charge in [0.15, 0.2) is 0 Å². The predicted octanol–water partition coefficient (Wildman–Crippen LogP) is 3.49. The van der Waals surface area contributed by atoms with Crippen molar-refractivity contribution in [1.29, 1.82) is 0 Å². The summed E-state index contributed by atoms with van der Waals surface area (Å²) in [5.41, 5.74) is 2.09. The number of piperidine rings is 1. The SMILES string of the molecule is O=C(Nc1nncs1)[C@@H]1CCCN(C(=O)C2(c3cccc(Cl)c3)CCC2)C1. The number of rotatable bonds is 4. The van der Waals surface area contributed by atoms with Crippen molar-refractivity contribution in [1.82, 2.24) is 15.1 Å². The van der Waals surface area contributed by atoms with Crippen molar-refractivity contribution in [3.63, 3.8) is 0 Å². The lowest BCUT2D eigenvalue weighted by atomic mass is 9.63. The molecule has 2 amide bonds. The lowest BCUT2D eigenvalue weighted by Crippen LogP contribution is -2.54. The van der Waals surface area contributed by atoms with Gasteiger partial charge in [-0.25, -0.2) is 0 Å². The molecule has 4 rings (SSSR count). The molecule has 1 atom stereocenters. The summed E-state index contributed by atoms with van der Waals surface area (Å²) >= 11 is 7.46. The van der Waals surface area contributed by atoms with E-state index in [4.69, 9.17) is 11.6 Å².